The second-order valence-electron chi connectivity index (χ2n) is 8.34. The highest BCUT2D eigenvalue weighted by Gasteiger charge is 2.54. The van der Waals surface area contributed by atoms with Gasteiger partial charge < -0.3 is 10.3 Å². The van der Waals surface area contributed by atoms with Crippen LogP contribution in [-0.4, -0.2) is 11.0 Å². The van der Waals surface area contributed by atoms with Crippen LogP contribution in [-0.2, 0) is 5.41 Å². The van der Waals surface area contributed by atoms with Gasteiger partial charge in [-0.2, -0.15) is 7.05 Å². The monoisotopic (exact) mass is 308 g/mol. The molecule has 3 N–H and O–H groups in total. The van der Waals surface area contributed by atoms with Crippen molar-refractivity contribution in [3.8, 4) is 0 Å². The maximum absolute atomic E-state index is 4.21. The van der Waals surface area contributed by atoms with Crippen LogP contribution < -0.4 is 5.32 Å². The quantitative estimate of drug-likeness (QED) is 0.624. The summed E-state index contributed by atoms with van der Waals surface area (Å²) in [4.78, 5) is 3.52. The second-order valence-corrected chi connectivity index (χ2v) is 8.34. The van der Waals surface area contributed by atoms with E-state index in [0.29, 0.717) is 17.9 Å². The number of aromatic nitrogens is 1. The molecule has 0 unspecified atom stereocenters. The highest BCUT2D eigenvalue weighted by molar-refractivity contribution is 5.89. The average Bonchev–Trinajstić information content (AvgIpc) is 2.97. The van der Waals surface area contributed by atoms with E-state index in [1.165, 1.54) is 34.9 Å². The van der Waals surface area contributed by atoms with Crippen molar-refractivity contribution in [1.82, 2.24) is 4.98 Å². The van der Waals surface area contributed by atoms with Crippen LogP contribution in [0.4, 0.5) is 0 Å². The van der Waals surface area contributed by atoms with E-state index in [1.54, 1.807) is 0 Å². The number of rotatable bonds is 2. The first kappa shape index (κ1) is 15.0. The van der Waals surface area contributed by atoms with Crippen LogP contribution in [0.2, 0.25) is 0 Å². The van der Waals surface area contributed by atoms with Gasteiger partial charge in [0.2, 0.25) is 0 Å². The minimum atomic E-state index is 0.148. The number of aromatic amines is 1. The molecular weight excluding hydrogens is 280 g/mol. The summed E-state index contributed by atoms with van der Waals surface area (Å²) >= 11 is 0. The van der Waals surface area contributed by atoms with Gasteiger partial charge >= 0.3 is 0 Å². The fourth-order valence-electron chi connectivity index (χ4n) is 5.56. The van der Waals surface area contributed by atoms with Gasteiger partial charge in [-0.3, -0.25) is 0 Å². The molecule has 2 nitrogen and oxygen atoms in total. The summed E-state index contributed by atoms with van der Waals surface area (Å²) in [6.45, 7) is 11.4. The Morgan fingerprint density at radius 1 is 1.35 bits per heavy atom. The largest absolute Gasteiger partial charge is 0.475 e. The van der Waals surface area contributed by atoms with Crippen LogP contribution in [0.25, 0.3) is 10.9 Å². The van der Waals surface area contributed by atoms with Crippen molar-refractivity contribution in [3.63, 3.8) is 0 Å². The molecule has 0 saturated heterocycles. The summed E-state index contributed by atoms with van der Waals surface area (Å²) in [5.41, 5.74) is 4.63. The van der Waals surface area contributed by atoms with Gasteiger partial charge in [0.15, 0.2) is 0 Å². The Hall–Kier alpha value is -1.54. The Morgan fingerprint density at radius 3 is 2.83 bits per heavy atom. The molecule has 2 heteroatoms. The summed E-state index contributed by atoms with van der Waals surface area (Å²) in [5.74, 6) is 1.19. The highest BCUT2D eigenvalue weighted by Crippen LogP contribution is 2.58. The third-order valence-electron chi connectivity index (χ3n) is 7.01. The smallest absolute Gasteiger partial charge is 0.0782 e. The Kier molecular flexibility index (Phi) is 3.09. The van der Waals surface area contributed by atoms with Gasteiger partial charge in [0, 0.05) is 28.4 Å². The van der Waals surface area contributed by atoms with E-state index in [0.717, 1.165) is 0 Å². The number of fused-ring (bicyclic) bond motifs is 2. The van der Waals surface area contributed by atoms with Gasteiger partial charge in [-0.05, 0) is 41.4 Å². The predicted molar refractivity (Wildman–Crippen MR) is 96.2 cm³/mol. The number of quaternary nitrogens is 1. The molecule has 1 fully saturated rings. The maximum atomic E-state index is 4.21. The van der Waals surface area contributed by atoms with Crippen LogP contribution in [0.15, 0.2) is 37.1 Å². The van der Waals surface area contributed by atoms with E-state index in [4.69, 9.17) is 0 Å². The Morgan fingerprint density at radius 2 is 2.13 bits per heavy atom. The number of nitrogens with two attached hydrogens (primary N) is 1. The molecular formula is C21H28N2. The maximum Gasteiger partial charge on any atom is 0.0782 e. The normalized spacial score (nSPS) is 35.0. The summed E-state index contributed by atoms with van der Waals surface area (Å²) < 4.78 is 0. The van der Waals surface area contributed by atoms with Crippen LogP contribution in [0, 0.1) is 18.4 Å². The van der Waals surface area contributed by atoms with Crippen molar-refractivity contribution < 1.29 is 5.32 Å². The van der Waals surface area contributed by atoms with Crippen LogP contribution in [0.3, 0.4) is 0 Å². The molecule has 0 bridgehead atoms. The van der Waals surface area contributed by atoms with E-state index in [1.807, 2.05) is 0 Å². The SMILES string of the molecule is C=C[C@@]1(C)CC[C@H]2[C@@H](c3c[nH]c4cccc(c34)C2(C)C)[C@@H]1[NH2+][CH2-]. The van der Waals surface area contributed by atoms with Gasteiger partial charge in [0.1, 0.15) is 0 Å². The van der Waals surface area contributed by atoms with Crippen molar-refractivity contribution in [2.24, 2.45) is 11.3 Å². The molecule has 4 atom stereocenters. The van der Waals surface area contributed by atoms with E-state index in [-0.39, 0.29) is 10.8 Å². The minimum absolute atomic E-state index is 0.148. The first-order chi connectivity index (χ1) is 10.9. The Bertz CT molecular complexity index is 769. The Balaban J connectivity index is 2.00. The van der Waals surface area contributed by atoms with Gasteiger partial charge in [-0.25, -0.2) is 0 Å². The lowest BCUT2D eigenvalue weighted by Crippen LogP contribution is -2.90. The molecule has 2 aliphatic carbocycles. The summed E-state index contributed by atoms with van der Waals surface area (Å²) in [5, 5.41) is 3.65. The molecule has 1 saturated carbocycles. The lowest BCUT2D eigenvalue weighted by molar-refractivity contribution is -0.654. The zero-order valence-electron chi connectivity index (χ0n) is 14.5. The third kappa shape index (κ3) is 1.79. The van der Waals surface area contributed by atoms with E-state index >= 15 is 0 Å². The number of hydrogen-bond acceptors (Lipinski definition) is 0. The summed E-state index contributed by atoms with van der Waals surface area (Å²) in [7, 11) is 4.21. The third-order valence-corrected chi connectivity index (χ3v) is 7.01. The molecule has 4 rings (SSSR count). The molecule has 1 aromatic carbocycles. The zero-order valence-corrected chi connectivity index (χ0v) is 14.5. The van der Waals surface area contributed by atoms with E-state index in [9.17, 15) is 0 Å². The molecule has 2 aromatic rings. The van der Waals surface area contributed by atoms with Crippen molar-refractivity contribution >= 4 is 10.9 Å². The first-order valence-electron chi connectivity index (χ1n) is 8.80. The highest BCUT2D eigenvalue weighted by atomic mass is 14.9. The standard InChI is InChI=1S/C21H28N2/c1-6-21(4)11-10-15-18(19(21)22-5)13-12-23-16-9-7-8-14(17(13)16)20(15,2)3/h6-9,12,15,18-19,23H,1,5,10-11,22H2,2-4H3/t15-,18+,19-,21-/m0/s1. The van der Waals surface area contributed by atoms with Crippen LogP contribution in [0.1, 0.15) is 50.7 Å². The van der Waals surface area contributed by atoms with Crippen molar-refractivity contribution in [2.75, 3.05) is 0 Å². The Labute approximate surface area is 139 Å². The van der Waals surface area contributed by atoms with E-state index in [2.05, 4.69) is 75.2 Å². The fourth-order valence-corrected chi connectivity index (χ4v) is 5.56. The fraction of sp³-hybridized carbons (Fsp3) is 0.476. The lowest BCUT2D eigenvalue weighted by Gasteiger charge is -2.54. The summed E-state index contributed by atoms with van der Waals surface area (Å²) in [6.07, 6.45) is 6.89. The van der Waals surface area contributed by atoms with E-state index < -0.39 is 0 Å². The van der Waals surface area contributed by atoms with Gasteiger partial charge in [-0.15, -0.1) is 6.58 Å². The number of H-pyrrole nitrogens is 1. The zero-order chi connectivity index (χ0) is 16.4. The number of nitrogens with one attached hydrogen (secondary N) is 1. The first-order valence-corrected chi connectivity index (χ1v) is 8.80. The van der Waals surface area contributed by atoms with Gasteiger partial charge in [-0.1, -0.05) is 39.0 Å². The molecule has 0 spiro atoms. The molecule has 0 aliphatic heterocycles. The van der Waals surface area contributed by atoms with Crippen molar-refractivity contribution in [1.29, 1.82) is 0 Å². The van der Waals surface area contributed by atoms with Crippen molar-refractivity contribution in [2.45, 2.75) is 51.0 Å². The molecule has 122 valence electrons. The molecule has 23 heavy (non-hydrogen) atoms. The lowest BCUT2D eigenvalue weighted by atomic mass is 9.51. The molecule has 1 aromatic heterocycles. The van der Waals surface area contributed by atoms with Crippen molar-refractivity contribution in [3.05, 3.63) is 55.2 Å². The van der Waals surface area contributed by atoms with Crippen LogP contribution in [0.5, 0.6) is 0 Å². The van der Waals surface area contributed by atoms with Gasteiger partial charge in [0.05, 0.1) is 6.04 Å². The minimum Gasteiger partial charge on any atom is -0.475 e. The molecule has 1 heterocycles. The van der Waals surface area contributed by atoms with Gasteiger partial charge in [0.25, 0.3) is 0 Å². The summed E-state index contributed by atoms with van der Waals surface area (Å²) in [6, 6.07) is 7.18. The molecule has 0 radical (unpaired) electrons. The molecule has 0 amide bonds. The molecule has 2 aliphatic rings. The number of hydrogen-bond donors (Lipinski definition) is 2. The average molecular weight is 308 g/mol. The second kappa shape index (κ2) is 4.73. The number of benzene rings is 1. The van der Waals surface area contributed by atoms with Crippen LogP contribution >= 0.6 is 0 Å². The topological polar surface area (TPSA) is 32.4 Å². The predicted octanol–water partition coefficient (Wildman–Crippen LogP) is 3.87.